The lowest BCUT2D eigenvalue weighted by Crippen LogP contribution is -2.40. The van der Waals surface area contributed by atoms with Gasteiger partial charge in [0.05, 0.1) is 18.8 Å². The van der Waals surface area contributed by atoms with Crippen molar-refractivity contribution < 1.29 is 9.50 Å². The zero-order valence-corrected chi connectivity index (χ0v) is 11.9. The van der Waals surface area contributed by atoms with Crippen LogP contribution in [0.2, 0.25) is 0 Å². The summed E-state index contributed by atoms with van der Waals surface area (Å²) in [6.07, 6.45) is 5.97. The van der Waals surface area contributed by atoms with Crippen LogP contribution in [0, 0.1) is 5.82 Å². The third-order valence-electron chi connectivity index (χ3n) is 3.74. The minimum Gasteiger partial charge on any atom is -0.381 e. The monoisotopic (exact) mass is 302 g/mol. The topological polar surface area (TPSA) is 81.6 Å². The number of halogens is 1. The maximum Gasteiger partial charge on any atom is 0.137 e. The van der Waals surface area contributed by atoms with Gasteiger partial charge in [0.25, 0.3) is 0 Å². The Labute approximate surface area is 126 Å². The van der Waals surface area contributed by atoms with Gasteiger partial charge in [0, 0.05) is 11.8 Å². The highest BCUT2D eigenvalue weighted by molar-refractivity contribution is 5.25. The number of nitrogens with zero attached hydrogens (tertiary/aromatic N) is 6. The molecule has 3 aromatic rings. The van der Waals surface area contributed by atoms with E-state index in [0.29, 0.717) is 0 Å². The Morgan fingerprint density at radius 2 is 2.18 bits per heavy atom. The molecule has 2 atom stereocenters. The van der Waals surface area contributed by atoms with Crippen LogP contribution < -0.4 is 0 Å². The van der Waals surface area contributed by atoms with E-state index in [0.717, 1.165) is 0 Å². The van der Waals surface area contributed by atoms with Crippen LogP contribution >= 0.6 is 0 Å². The van der Waals surface area contributed by atoms with Crippen LogP contribution in [0.3, 0.4) is 0 Å². The van der Waals surface area contributed by atoms with Crippen LogP contribution in [-0.4, -0.2) is 34.9 Å². The third-order valence-corrected chi connectivity index (χ3v) is 3.74. The molecule has 0 amide bonds. The second-order valence-electron chi connectivity index (χ2n) is 5.06. The summed E-state index contributed by atoms with van der Waals surface area (Å²) in [6.45, 7) is 1.78. The molecule has 0 aliphatic heterocycles. The van der Waals surface area contributed by atoms with Gasteiger partial charge >= 0.3 is 0 Å². The highest BCUT2D eigenvalue weighted by Crippen LogP contribution is 2.35. The summed E-state index contributed by atoms with van der Waals surface area (Å²) in [6, 6.07) is 5.57. The molecular formula is C14H15FN6O. The lowest BCUT2D eigenvalue weighted by molar-refractivity contribution is -0.0373. The fraction of sp³-hybridized carbons (Fsp3) is 0.286. The molecule has 0 radical (unpaired) electrons. The van der Waals surface area contributed by atoms with Gasteiger partial charge in [-0.1, -0.05) is 23.4 Å². The first-order valence-electron chi connectivity index (χ1n) is 6.77. The van der Waals surface area contributed by atoms with Gasteiger partial charge in [0.2, 0.25) is 0 Å². The highest BCUT2D eigenvalue weighted by atomic mass is 19.1. The standard InChI is InChI=1S/C14H15FN6O/c1-11(21-7-6-17-19-21)14(22,8-20-10-16-9-18-20)12-4-2-3-5-13(12)15/h2-7,9-11,22H,8H2,1H3/t11-,14-/m1/s1. The molecule has 7 nitrogen and oxygen atoms in total. The smallest absolute Gasteiger partial charge is 0.137 e. The predicted molar refractivity (Wildman–Crippen MR) is 75.1 cm³/mol. The number of aromatic nitrogens is 6. The van der Waals surface area contributed by atoms with Crippen LogP contribution in [0.15, 0.2) is 49.3 Å². The average molecular weight is 302 g/mol. The van der Waals surface area contributed by atoms with Gasteiger partial charge in [-0.05, 0) is 13.0 Å². The molecule has 0 saturated carbocycles. The zero-order chi connectivity index (χ0) is 15.6. The molecule has 0 spiro atoms. The van der Waals surface area contributed by atoms with Crippen LogP contribution in [-0.2, 0) is 12.1 Å². The van der Waals surface area contributed by atoms with Gasteiger partial charge in [0.15, 0.2) is 0 Å². The summed E-state index contributed by atoms with van der Waals surface area (Å²) >= 11 is 0. The molecule has 3 rings (SSSR count). The Hall–Kier alpha value is -2.61. The summed E-state index contributed by atoms with van der Waals surface area (Å²) in [5.41, 5.74) is -1.39. The lowest BCUT2D eigenvalue weighted by atomic mass is 9.86. The number of benzene rings is 1. The molecule has 2 heterocycles. The molecule has 22 heavy (non-hydrogen) atoms. The number of rotatable bonds is 5. The first kappa shape index (κ1) is 14.3. The molecule has 1 aromatic carbocycles. The van der Waals surface area contributed by atoms with E-state index in [-0.39, 0.29) is 12.1 Å². The first-order chi connectivity index (χ1) is 10.6. The molecule has 8 heteroatoms. The normalized spacial score (nSPS) is 15.4. The Bertz CT molecular complexity index is 730. The Morgan fingerprint density at radius 3 is 2.82 bits per heavy atom. The Kier molecular flexibility index (Phi) is 3.68. The second kappa shape index (κ2) is 5.64. The van der Waals surface area contributed by atoms with Crippen LogP contribution in [0.25, 0.3) is 0 Å². The molecule has 0 unspecified atom stereocenters. The third kappa shape index (κ3) is 2.48. The van der Waals surface area contributed by atoms with E-state index in [4.69, 9.17) is 0 Å². The molecule has 0 bridgehead atoms. The van der Waals surface area contributed by atoms with Crippen LogP contribution in [0.1, 0.15) is 18.5 Å². The molecule has 0 saturated heterocycles. The van der Waals surface area contributed by atoms with Crippen molar-refractivity contribution in [3.8, 4) is 0 Å². The van der Waals surface area contributed by atoms with Crippen LogP contribution in [0.5, 0.6) is 0 Å². The molecule has 0 fully saturated rings. The Balaban J connectivity index is 2.07. The zero-order valence-electron chi connectivity index (χ0n) is 11.9. The van der Waals surface area contributed by atoms with E-state index in [1.54, 1.807) is 31.3 Å². The summed E-state index contributed by atoms with van der Waals surface area (Å²) in [5, 5.41) is 22.9. The maximum atomic E-state index is 14.3. The van der Waals surface area contributed by atoms with Gasteiger partial charge in [-0.15, -0.1) is 5.10 Å². The van der Waals surface area contributed by atoms with Gasteiger partial charge in [-0.3, -0.25) is 0 Å². The molecule has 0 aliphatic carbocycles. The Morgan fingerprint density at radius 1 is 1.36 bits per heavy atom. The van der Waals surface area contributed by atoms with Crippen molar-refractivity contribution in [1.82, 2.24) is 29.8 Å². The fourth-order valence-electron chi connectivity index (χ4n) is 2.46. The summed E-state index contributed by atoms with van der Waals surface area (Å²) in [7, 11) is 0. The van der Waals surface area contributed by atoms with E-state index in [9.17, 15) is 9.50 Å². The summed E-state index contributed by atoms with van der Waals surface area (Å²) < 4.78 is 17.2. The minimum atomic E-state index is -1.56. The molecule has 1 N–H and O–H groups in total. The number of hydrogen-bond donors (Lipinski definition) is 1. The molecule has 0 aliphatic rings. The molecule has 114 valence electrons. The van der Waals surface area contributed by atoms with Gasteiger partial charge < -0.3 is 5.11 Å². The maximum absolute atomic E-state index is 14.3. The average Bonchev–Trinajstić information content (AvgIpc) is 3.20. The van der Waals surface area contributed by atoms with Gasteiger partial charge in [-0.2, -0.15) is 5.10 Å². The van der Waals surface area contributed by atoms with Crippen molar-refractivity contribution >= 4 is 0 Å². The minimum absolute atomic E-state index is 0.0367. The number of aliphatic hydroxyl groups is 1. The van der Waals surface area contributed by atoms with Crippen molar-refractivity contribution in [2.45, 2.75) is 25.1 Å². The van der Waals surface area contributed by atoms with Crippen molar-refractivity contribution in [1.29, 1.82) is 0 Å². The molecular weight excluding hydrogens is 287 g/mol. The first-order valence-corrected chi connectivity index (χ1v) is 6.77. The fourth-order valence-corrected chi connectivity index (χ4v) is 2.46. The summed E-state index contributed by atoms with van der Waals surface area (Å²) in [4.78, 5) is 3.86. The van der Waals surface area contributed by atoms with E-state index in [1.165, 1.54) is 34.3 Å². The van der Waals surface area contributed by atoms with Crippen molar-refractivity contribution in [3.63, 3.8) is 0 Å². The van der Waals surface area contributed by atoms with E-state index >= 15 is 0 Å². The van der Waals surface area contributed by atoms with Crippen LogP contribution in [0.4, 0.5) is 4.39 Å². The number of hydrogen-bond acceptors (Lipinski definition) is 5. The van der Waals surface area contributed by atoms with Gasteiger partial charge in [0.1, 0.15) is 24.1 Å². The lowest BCUT2D eigenvalue weighted by Gasteiger charge is -2.34. The van der Waals surface area contributed by atoms with Crippen molar-refractivity contribution in [2.24, 2.45) is 0 Å². The van der Waals surface area contributed by atoms with E-state index < -0.39 is 17.5 Å². The summed E-state index contributed by atoms with van der Waals surface area (Å²) in [5.74, 6) is -0.489. The largest absolute Gasteiger partial charge is 0.381 e. The van der Waals surface area contributed by atoms with E-state index in [1.807, 2.05) is 0 Å². The highest BCUT2D eigenvalue weighted by Gasteiger charge is 2.40. The predicted octanol–water partition coefficient (Wildman–Crippen LogP) is 1.16. The SMILES string of the molecule is C[C@@H](n1ccnn1)[C@](O)(Cn1cncn1)c1ccccc1F. The quantitative estimate of drug-likeness (QED) is 0.765. The van der Waals surface area contributed by atoms with Crippen molar-refractivity contribution in [2.75, 3.05) is 0 Å². The second-order valence-corrected chi connectivity index (χ2v) is 5.06. The van der Waals surface area contributed by atoms with Crippen molar-refractivity contribution in [3.05, 3.63) is 60.7 Å². The van der Waals surface area contributed by atoms with Gasteiger partial charge in [-0.25, -0.2) is 18.7 Å². The van der Waals surface area contributed by atoms with E-state index in [2.05, 4.69) is 20.4 Å². The molecule has 2 aromatic heterocycles.